The quantitative estimate of drug-likeness (QED) is 0.617. The maximum absolute atomic E-state index is 5.55. The monoisotopic (exact) mass is 436 g/mol. The highest BCUT2D eigenvalue weighted by atomic mass is 35.5. The summed E-state index contributed by atoms with van der Waals surface area (Å²) in [5.74, 6) is 0.861. The molecule has 0 radical (unpaired) electrons. The van der Waals surface area contributed by atoms with Crippen LogP contribution in [-0.4, -0.2) is 39.9 Å². The van der Waals surface area contributed by atoms with Gasteiger partial charge in [-0.2, -0.15) is 0 Å². The Morgan fingerprint density at radius 1 is 1.17 bits per heavy atom. The molecule has 2 atom stereocenters. The van der Waals surface area contributed by atoms with Gasteiger partial charge in [-0.1, -0.05) is 30.3 Å². The number of nitrogens with zero attached hydrogens (tertiary/aromatic N) is 4. The first-order chi connectivity index (χ1) is 13.3. The van der Waals surface area contributed by atoms with Crippen LogP contribution in [0.2, 0.25) is 0 Å². The van der Waals surface area contributed by atoms with E-state index in [1.165, 1.54) is 12.0 Å². The number of nitrogens with one attached hydrogen (secondary N) is 2. The lowest BCUT2D eigenvalue weighted by molar-refractivity contribution is 0.303. The highest BCUT2D eigenvalue weighted by Crippen LogP contribution is 2.26. The molecule has 1 aliphatic rings. The first-order valence-electron chi connectivity index (χ1n) is 9.27. The number of hydrogen-bond acceptors (Lipinski definition) is 6. The van der Waals surface area contributed by atoms with Crippen molar-refractivity contribution in [3.8, 4) is 11.4 Å². The Hall–Kier alpha value is -2.19. The second-order valence-electron chi connectivity index (χ2n) is 6.72. The van der Waals surface area contributed by atoms with Crippen LogP contribution in [0.3, 0.4) is 0 Å². The minimum absolute atomic E-state index is 0. The largest absolute Gasteiger partial charge is 0.496 e. The number of piperidine rings is 1. The molecule has 1 aromatic heterocycles. The lowest BCUT2D eigenvalue weighted by atomic mass is 9.92. The Bertz CT molecular complexity index is 863. The zero-order valence-corrected chi connectivity index (χ0v) is 17.8. The van der Waals surface area contributed by atoms with E-state index in [-0.39, 0.29) is 24.8 Å². The molecule has 3 aromatic rings. The van der Waals surface area contributed by atoms with Crippen molar-refractivity contribution in [3.05, 3.63) is 66.0 Å². The van der Waals surface area contributed by atoms with Crippen LogP contribution in [0, 0.1) is 0 Å². The fourth-order valence-corrected chi connectivity index (χ4v) is 3.69. The van der Waals surface area contributed by atoms with E-state index in [2.05, 4.69) is 62.6 Å². The second-order valence-corrected chi connectivity index (χ2v) is 6.72. The Balaban J connectivity index is 0.00000150. The van der Waals surface area contributed by atoms with E-state index in [0.29, 0.717) is 12.1 Å². The fourth-order valence-electron chi connectivity index (χ4n) is 3.69. The number of methoxy groups -OCH3 is 1. The van der Waals surface area contributed by atoms with Crippen LogP contribution in [0.5, 0.6) is 5.75 Å². The van der Waals surface area contributed by atoms with Crippen molar-refractivity contribution < 1.29 is 4.74 Å². The Morgan fingerprint density at radius 3 is 2.72 bits per heavy atom. The number of ether oxygens (including phenoxy) is 1. The number of tetrazole rings is 1. The van der Waals surface area contributed by atoms with Crippen molar-refractivity contribution in [2.45, 2.75) is 31.5 Å². The van der Waals surface area contributed by atoms with Gasteiger partial charge in [-0.05, 0) is 53.6 Å². The van der Waals surface area contributed by atoms with Gasteiger partial charge in [-0.3, -0.25) is 0 Å². The van der Waals surface area contributed by atoms with Crippen molar-refractivity contribution in [1.82, 2.24) is 30.8 Å². The highest BCUT2D eigenvalue weighted by Gasteiger charge is 2.25. The summed E-state index contributed by atoms with van der Waals surface area (Å²) in [6.07, 6.45) is 3.90. The summed E-state index contributed by atoms with van der Waals surface area (Å²) in [7, 11) is 1.70. The topological polar surface area (TPSA) is 76.9 Å². The van der Waals surface area contributed by atoms with Gasteiger partial charge in [-0.25, -0.2) is 4.68 Å². The molecule has 7 nitrogen and oxygen atoms in total. The highest BCUT2D eigenvalue weighted by molar-refractivity contribution is 5.85. The molecular formula is C20H26Cl2N6O. The molecule has 0 spiro atoms. The SMILES string of the molecule is COc1ccc(-n2cnnn2)cc1CN[C@H]1CCCN[C@@H]1c1ccccc1.Cl.Cl. The van der Waals surface area contributed by atoms with Gasteiger partial charge >= 0.3 is 0 Å². The van der Waals surface area contributed by atoms with Crippen LogP contribution in [-0.2, 0) is 6.54 Å². The van der Waals surface area contributed by atoms with E-state index in [4.69, 9.17) is 4.74 Å². The summed E-state index contributed by atoms with van der Waals surface area (Å²) in [6.45, 7) is 1.77. The van der Waals surface area contributed by atoms with E-state index in [1.807, 2.05) is 12.1 Å². The molecule has 2 aromatic carbocycles. The molecule has 29 heavy (non-hydrogen) atoms. The lowest BCUT2D eigenvalue weighted by Gasteiger charge is -2.34. The zero-order valence-electron chi connectivity index (χ0n) is 16.2. The molecule has 0 saturated carbocycles. The molecule has 4 rings (SSSR count). The summed E-state index contributed by atoms with van der Waals surface area (Å²) in [4.78, 5) is 0. The molecule has 0 amide bonds. The number of hydrogen-bond donors (Lipinski definition) is 2. The van der Waals surface area contributed by atoms with Gasteiger partial charge in [0, 0.05) is 24.2 Å². The van der Waals surface area contributed by atoms with Crippen molar-refractivity contribution in [2.75, 3.05) is 13.7 Å². The molecule has 9 heteroatoms. The van der Waals surface area contributed by atoms with Crippen molar-refractivity contribution in [3.63, 3.8) is 0 Å². The van der Waals surface area contributed by atoms with E-state index in [9.17, 15) is 0 Å². The third-order valence-electron chi connectivity index (χ3n) is 5.05. The van der Waals surface area contributed by atoms with Gasteiger partial charge in [0.15, 0.2) is 0 Å². The third-order valence-corrected chi connectivity index (χ3v) is 5.05. The lowest BCUT2D eigenvalue weighted by Crippen LogP contribution is -2.45. The Kier molecular flexibility index (Phi) is 8.85. The van der Waals surface area contributed by atoms with E-state index in [1.54, 1.807) is 18.1 Å². The first kappa shape index (κ1) is 23.1. The fraction of sp³-hybridized carbons (Fsp3) is 0.350. The molecule has 1 saturated heterocycles. The van der Waals surface area contributed by atoms with E-state index < -0.39 is 0 Å². The zero-order chi connectivity index (χ0) is 18.5. The molecule has 2 N–H and O–H groups in total. The number of benzene rings is 2. The van der Waals surface area contributed by atoms with Gasteiger partial charge in [0.05, 0.1) is 12.8 Å². The van der Waals surface area contributed by atoms with Crippen LogP contribution < -0.4 is 15.4 Å². The standard InChI is InChI=1S/C20H24N6O.2ClH/c1-27-19-10-9-17(26-14-23-24-25-26)12-16(19)13-22-18-8-5-11-21-20(18)15-6-3-2-4-7-15;;/h2-4,6-7,9-10,12,14,18,20-22H,5,8,11,13H2,1H3;2*1H/t18-,20+;;/m0../s1. The van der Waals surface area contributed by atoms with E-state index >= 15 is 0 Å². The van der Waals surface area contributed by atoms with Gasteiger partial charge in [-0.15, -0.1) is 29.9 Å². The molecule has 0 unspecified atom stereocenters. The predicted octanol–water partition coefficient (Wildman–Crippen LogP) is 3.10. The van der Waals surface area contributed by atoms with Crippen LogP contribution in [0.15, 0.2) is 54.9 Å². The Labute approximate surface area is 183 Å². The van der Waals surface area contributed by atoms with Gasteiger partial charge in [0.1, 0.15) is 12.1 Å². The number of rotatable bonds is 6. The normalized spacial score (nSPS) is 18.4. The van der Waals surface area contributed by atoms with Gasteiger partial charge in [0.2, 0.25) is 0 Å². The average molecular weight is 437 g/mol. The second kappa shape index (κ2) is 11.1. The maximum Gasteiger partial charge on any atom is 0.143 e. The predicted molar refractivity (Wildman–Crippen MR) is 117 cm³/mol. The average Bonchev–Trinajstić information content (AvgIpc) is 3.28. The summed E-state index contributed by atoms with van der Waals surface area (Å²) < 4.78 is 7.20. The number of halogens is 2. The van der Waals surface area contributed by atoms with Crippen molar-refractivity contribution >= 4 is 24.8 Å². The molecule has 156 valence electrons. The Morgan fingerprint density at radius 2 is 2.00 bits per heavy atom. The van der Waals surface area contributed by atoms with Crippen molar-refractivity contribution in [2.24, 2.45) is 0 Å². The molecule has 2 heterocycles. The summed E-state index contributed by atoms with van der Waals surface area (Å²) >= 11 is 0. The smallest absolute Gasteiger partial charge is 0.143 e. The van der Waals surface area contributed by atoms with Gasteiger partial charge < -0.3 is 15.4 Å². The molecule has 0 bridgehead atoms. The maximum atomic E-state index is 5.55. The first-order valence-corrected chi connectivity index (χ1v) is 9.27. The number of aromatic nitrogens is 4. The molecule has 1 fully saturated rings. The minimum Gasteiger partial charge on any atom is -0.496 e. The molecule has 0 aliphatic carbocycles. The molecule has 1 aliphatic heterocycles. The minimum atomic E-state index is 0. The third kappa shape index (κ3) is 5.45. The molecular weight excluding hydrogens is 411 g/mol. The summed E-state index contributed by atoms with van der Waals surface area (Å²) in [5.41, 5.74) is 3.32. The summed E-state index contributed by atoms with van der Waals surface area (Å²) in [6, 6.07) is 17.3. The van der Waals surface area contributed by atoms with Crippen molar-refractivity contribution in [1.29, 1.82) is 0 Å². The van der Waals surface area contributed by atoms with E-state index in [0.717, 1.165) is 36.5 Å². The van der Waals surface area contributed by atoms with Crippen LogP contribution in [0.1, 0.15) is 30.0 Å². The van der Waals surface area contributed by atoms with Crippen LogP contribution >= 0.6 is 24.8 Å². The van der Waals surface area contributed by atoms with Crippen LogP contribution in [0.4, 0.5) is 0 Å². The van der Waals surface area contributed by atoms with Gasteiger partial charge in [0.25, 0.3) is 0 Å². The van der Waals surface area contributed by atoms with Crippen LogP contribution in [0.25, 0.3) is 5.69 Å². The summed E-state index contributed by atoms with van der Waals surface area (Å²) in [5, 5.41) is 18.8.